The smallest absolute Gasteiger partial charge is 0.338 e. The fraction of sp³-hybridized carbons (Fsp3) is 0.176. The fourth-order valence-electron chi connectivity index (χ4n) is 2.16. The van der Waals surface area contributed by atoms with Crippen molar-refractivity contribution in [3.8, 4) is 17.2 Å². The Hall–Kier alpha value is -2.54. The molecule has 0 saturated carbocycles. The van der Waals surface area contributed by atoms with Gasteiger partial charge in [-0.3, -0.25) is 4.79 Å². The van der Waals surface area contributed by atoms with Crippen LogP contribution in [0.2, 0.25) is 0 Å². The van der Waals surface area contributed by atoms with E-state index in [2.05, 4.69) is 15.9 Å². The van der Waals surface area contributed by atoms with Crippen molar-refractivity contribution < 1.29 is 28.5 Å². The lowest BCUT2D eigenvalue weighted by Crippen LogP contribution is -2.14. The van der Waals surface area contributed by atoms with Crippen LogP contribution in [0.1, 0.15) is 20.7 Å². The number of hydrogen-bond donors (Lipinski definition) is 0. The Bertz CT molecular complexity index is 802. The van der Waals surface area contributed by atoms with E-state index >= 15 is 0 Å². The Balaban J connectivity index is 1.63. The van der Waals surface area contributed by atoms with Gasteiger partial charge in [0.1, 0.15) is 5.75 Å². The molecule has 0 aromatic heterocycles. The molecule has 0 N–H and O–H groups in total. The van der Waals surface area contributed by atoms with Gasteiger partial charge in [0.15, 0.2) is 23.9 Å². The summed E-state index contributed by atoms with van der Waals surface area (Å²) in [5.74, 6) is 0.780. The van der Waals surface area contributed by atoms with Gasteiger partial charge in [-0.2, -0.15) is 0 Å². The zero-order valence-corrected chi connectivity index (χ0v) is 14.3. The van der Waals surface area contributed by atoms with Crippen LogP contribution in [0.15, 0.2) is 40.9 Å². The molecule has 0 unspecified atom stereocenters. The molecule has 7 heteroatoms. The molecule has 0 bridgehead atoms. The number of benzene rings is 2. The van der Waals surface area contributed by atoms with E-state index in [1.54, 1.807) is 36.4 Å². The van der Waals surface area contributed by atoms with Gasteiger partial charge in [0.05, 0.1) is 17.1 Å². The second-order valence-corrected chi connectivity index (χ2v) is 5.77. The Kier molecular flexibility index (Phi) is 4.71. The van der Waals surface area contributed by atoms with Crippen LogP contribution < -0.4 is 14.2 Å². The summed E-state index contributed by atoms with van der Waals surface area (Å²) in [6, 6.07) is 9.61. The average molecular weight is 393 g/mol. The maximum Gasteiger partial charge on any atom is 0.338 e. The summed E-state index contributed by atoms with van der Waals surface area (Å²) in [6.45, 7) is -0.226. The molecule has 0 amide bonds. The minimum absolute atomic E-state index is 0.133. The molecule has 1 aliphatic heterocycles. The fourth-order valence-corrected chi connectivity index (χ4v) is 2.70. The van der Waals surface area contributed by atoms with Crippen molar-refractivity contribution in [1.82, 2.24) is 0 Å². The molecule has 1 heterocycles. The lowest BCUT2D eigenvalue weighted by atomic mass is 10.1. The molecule has 0 atom stereocenters. The highest BCUT2D eigenvalue weighted by Crippen LogP contribution is 2.32. The maximum absolute atomic E-state index is 12.1. The zero-order valence-electron chi connectivity index (χ0n) is 12.7. The third-order valence-electron chi connectivity index (χ3n) is 3.42. The predicted octanol–water partition coefficient (Wildman–Crippen LogP) is 3.23. The number of rotatable bonds is 5. The van der Waals surface area contributed by atoms with Crippen molar-refractivity contribution in [3.05, 3.63) is 52.0 Å². The number of halogens is 1. The molecule has 124 valence electrons. The van der Waals surface area contributed by atoms with E-state index < -0.39 is 5.97 Å². The van der Waals surface area contributed by atoms with Crippen LogP contribution in [0.3, 0.4) is 0 Å². The van der Waals surface area contributed by atoms with Gasteiger partial charge >= 0.3 is 5.97 Å². The van der Waals surface area contributed by atoms with Gasteiger partial charge in [-0.05, 0) is 52.3 Å². The Labute approximate surface area is 146 Å². The first kappa shape index (κ1) is 16.3. The SMILES string of the molecule is COc1ccc(C(=O)OCC(=O)c2ccc3c(c2)OCO3)cc1Br. The van der Waals surface area contributed by atoms with Gasteiger partial charge in [0.2, 0.25) is 6.79 Å². The first-order valence-electron chi connectivity index (χ1n) is 7.02. The third-order valence-corrected chi connectivity index (χ3v) is 4.04. The van der Waals surface area contributed by atoms with E-state index in [0.29, 0.717) is 32.8 Å². The Morgan fingerprint density at radius 2 is 1.83 bits per heavy atom. The number of carbonyl (C=O) groups is 2. The van der Waals surface area contributed by atoms with Gasteiger partial charge in [0, 0.05) is 5.56 Å². The largest absolute Gasteiger partial charge is 0.496 e. The molecule has 3 rings (SSSR count). The van der Waals surface area contributed by atoms with Crippen LogP contribution in [0.5, 0.6) is 17.2 Å². The minimum atomic E-state index is -0.590. The quantitative estimate of drug-likeness (QED) is 0.574. The van der Waals surface area contributed by atoms with Gasteiger partial charge in [-0.15, -0.1) is 0 Å². The standard InChI is InChI=1S/C17H13BrO6/c1-21-14-4-3-11(6-12(14)18)17(20)22-8-13(19)10-2-5-15-16(7-10)24-9-23-15/h2-7H,8-9H2,1H3. The molecule has 0 fully saturated rings. The molecule has 0 aliphatic carbocycles. The number of hydrogen-bond acceptors (Lipinski definition) is 6. The Morgan fingerprint density at radius 3 is 2.58 bits per heavy atom. The van der Waals surface area contributed by atoms with E-state index in [9.17, 15) is 9.59 Å². The molecule has 0 radical (unpaired) electrons. The maximum atomic E-state index is 12.1. The molecule has 0 spiro atoms. The van der Waals surface area contributed by atoms with Crippen LogP contribution in [0, 0.1) is 0 Å². The summed E-state index contributed by atoms with van der Waals surface area (Å²) in [6.07, 6.45) is 0. The monoisotopic (exact) mass is 392 g/mol. The summed E-state index contributed by atoms with van der Waals surface area (Å²) < 4.78 is 21.2. The van der Waals surface area contributed by atoms with Gasteiger partial charge in [0.25, 0.3) is 0 Å². The summed E-state index contributed by atoms with van der Waals surface area (Å²) in [7, 11) is 1.53. The number of Topliss-reactive ketones (excluding diaryl/α,β-unsaturated/α-hetero) is 1. The molecule has 1 aliphatic rings. The minimum Gasteiger partial charge on any atom is -0.496 e. The predicted molar refractivity (Wildman–Crippen MR) is 87.9 cm³/mol. The van der Waals surface area contributed by atoms with Crippen molar-refractivity contribution in [2.45, 2.75) is 0 Å². The summed E-state index contributed by atoms with van der Waals surface area (Å²) >= 11 is 3.30. The summed E-state index contributed by atoms with van der Waals surface area (Å²) in [4.78, 5) is 24.2. The van der Waals surface area contributed by atoms with E-state index in [0.717, 1.165) is 0 Å². The molecule has 6 nitrogen and oxygen atoms in total. The van der Waals surface area contributed by atoms with E-state index in [1.165, 1.54) is 7.11 Å². The average Bonchev–Trinajstić information content (AvgIpc) is 3.06. The lowest BCUT2D eigenvalue weighted by molar-refractivity contribution is 0.0474. The first-order valence-corrected chi connectivity index (χ1v) is 7.81. The first-order chi connectivity index (χ1) is 11.6. The van der Waals surface area contributed by atoms with E-state index in [1.807, 2.05) is 0 Å². The van der Waals surface area contributed by atoms with E-state index in [4.69, 9.17) is 18.9 Å². The third kappa shape index (κ3) is 3.35. The molecule has 2 aromatic rings. The number of ketones is 1. The molecule has 2 aromatic carbocycles. The van der Waals surface area contributed by atoms with Crippen molar-refractivity contribution in [2.75, 3.05) is 20.5 Å². The second kappa shape index (κ2) is 6.92. The van der Waals surface area contributed by atoms with Crippen LogP contribution >= 0.6 is 15.9 Å². The zero-order chi connectivity index (χ0) is 17.1. The van der Waals surface area contributed by atoms with Crippen molar-refractivity contribution in [3.63, 3.8) is 0 Å². The highest BCUT2D eigenvalue weighted by Gasteiger charge is 2.18. The molecular weight excluding hydrogens is 380 g/mol. The molecular formula is C17H13BrO6. The van der Waals surface area contributed by atoms with Gasteiger partial charge in [-0.1, -0.05) is 0 Å². The Morgan fingerprint density at radius 1 is 1.08 bits per heavy atom. The number of fused-ring (bicyclic) bond motifs is 1. The highest BCUT2D eigenvalue weighted by atomic mass is 79.9. The second-order valence-electron chi connectivity index (χ2n) is 4.92. The van der Waals surface area contributed by atoms with Crippen molar-refractivity contribution in [2.24, 2.45) is 0 Å². The lowest BCUT2D eigenvalue weighted by Gasteiger charge is -2.07. The van der Waals surface area contributed by atoms with Crippen molar-refractivity contribution in [1.29, 1.82) is 0 Å². The highest BCUT2D eigenvalue weighted by molar-refractivity contribution is 9.10. The van der Waals surface area contributed by atoms with Crippen LogP contribution in [0.25, 0.3) is 0 Å². The van der Waals surface area contributed by atoms with Gasteiger partial charge in [-0.25, -0.2) is 4.79 Å². The van der Waals surface area contributed by atoms with Crippen LogP contribution in [-0.4, -0.2) is 32.3 Å². The topological polar surface area (TPSA) is 71.1 Å². The van der Waals surface area contributed by atoms with E-state index in [-0.39, 0.29) is 19.2 Å². The normalized spacial score (nSPS) is 11.9. The number of ether oxygens (including phenoxy) is 4. The van der Waals surface area contributed by atoms with Crippen LogP contribution in [-0.2, 0) is 4.74 Å². The van der Waals surface area contributed by atoms with Gasteiger partial charge < -0.3 is 18.9 Å². The number of methoxy groups -OCH3 is 1. The number of esters is 1. The number of carbonyl (C=O) groups excluding carboxylic acids is 2. The summed E-state index contributed by atoms with van der Waals surface area (Å²) in [5, 5.41) is 0. The van der Waals surface area contributed by atoms with Crippen LogP contribution in [0.4, 0.5) is 0 Å². The molecule has 24 heavy (non-hydrogen) atoms. The van der Waals surface area contributed by atoms with Crippen molar-refractivity contribution >= 4 is 27.7 Å². The summed E-state index contributed by atoms with van der Waals surface area (Å²) in [5.41, 5.74) is 0.712. The molecule has 0 saturated heterocycles.